The number of rotatable bonds is 4. The average Bonchev–Trinajstić information content (AvgIpc) is 3.40. The maximum absolute atomic E-state index is 12.9. The molecule has 4 rings (SSSR count). The quantitative estimate of drug-likeness (QED) is 0.926. The Labute approximate surface area is 127 Å². The fourth-order valence-corrected chi connectivity index (χ4v) is 4.73. The van der Waals surface area contributed by atoms with E-state index >= 15 is 0 Å². The Bertz CT molecular complexity index is 591. The van der Waals surface area contributed by atoms with Crippen LogP contribution in [0.3, 0.4) is 0 Å². The molecule has 0 bridgehead atoms. The third-order valence-corrected chi connectivity index (χ3v) is 5.98. The molecule has 0 spiro atoms. The summed E-state index contributed by atoms with van der Waals surface area (Å²) in [7, 11) is 0. The van der Waals surface area contributed by atoms with E-state index < -0.39 is 12.0 Å². The van der Waals surface area contributed by atoms with E-state index in [1.165, 1.54) is 0 Å². The average molecular weight is 306 g/mol. The Hall–Kier alpha value is -1.43. The van der Waals surface area contributed by atoms with Gasteiger partial charge in [-0.05, 0) is 43.7 Å². The molecule has 0 radical (unpaired) electrons. The van der Waals surface area contributed by atoms with Gasteiger partial charge in [-0.15, -0.1) is 11.8 Å². The van der Waals surface area contributed by atoms with Crippen molar-refractivity contribution in [2.45, 2.75) is 43.1 Å². The molecular formula is C15H18N2O3S. The van der Waals surface area contributed by atoms with Crippen molar-refractivity contribution in [2.75, 3.05) is 5.75 Å². The predicted molar refractivity (Wildman–Crippen MR) is 79.3 cm³/mol. The van der Waals surface area contributed by atoms with E-state index in [0.717, 1.165) is 25.7 Å². The van der Waals surface area contributed by atoms with Crippen LogP contribution in [-0.4, -0.2) is 43.6 Å². The van der Waals surface area contributed by atoms with Crippen LogP contribution in [0, 0.1) is 5.92 Å². The van der Waals surface area contributed by atoms with E-state index in [4.69, 9.17) is 0 Å². The Morgan fingerprint density at radius 2 is 2.00 bits per heavy atom. The number of carboxylic acids is 1. The smallest absolute Gasteiger partial charge is 0.327 e. The van der Waals surface area contributed by atoms with Crippen LogP contribution in [-0.2, 0) is 4.79 Å². The zero-order valence-corrected chi connectivity index (χ0v) is 12.5. The van der Waals surface area contributed by atoms with Crippen LogP contribution in [0.5, 0.6) is 0 Å². The predicted octanol–water partition coefficient (Wildman–Crippen LogP) is 2.20. The summed E-state index contributed by atoms with van der Waals surface area (Å²) in [5.41, 5.74) is 0.650. The molecule has 1 N–H and O–H groups in total. The van der Waals surface area contributed by atoms with Crippen molar-refractivity contribution in [1.82, 2.24) is 9.47 Å². The minimum absolute atomic E-state index is 0.0427. The highest BCUT2D eigenvalue weighted by atomic mass is 32.2. The van der Waals surface area contributed by atoms with Gasteiger partial charge in [0.2, 0.25) is 0 Å². The molecule has 112 valence electrons. The van der Waals surface area contributed by atoms with Gasteiger partial charge in [0.15, 0.2) is 0 Å². The summed E-state index contributed by atoms with van der Waals surface area (Å²) in [6.07, 6.45) is 6.38. The number of carbonyl (C=O) groups is 2. The molecule has 1 amide bonds. The molecule has 1 aromatic heterocycles. The van der Waals surface area contributed by atoms with Crippen molar-refractivity contribution >= 4 is 23.6 Å². The first kappa shape index (κ1) is 13.2. The van der Waals surface area contributed by atoms with Gasteiger partial charge in [-0.1, -0.05) is 0 Å². The first-order valence-electron chi connectivity index (χ1n) is 7.50. The number of amides is 1. The van der Waals surface area contributed by atoms with Gasteiger partial charge in [0.05, 0.1) is 5.37 Å². The molecule has 2 heterocycles. The second-order valence-electron chi connectivity index (χ2n) is 6.16. The van der Waals surface area contributed by atoms with Crippen molar-refractivity contribution in [2.24, 2.45) is 5.92 Å². The lowest BCUT2D eigenvalue weighted by molar-refractivity contribution is -0.141. The number of aromatic nitrogens is 1. The van der Waals surface area contributed by atoms with Gasteiger partial charge in [-0.3, -0.25) is 4.79 Å². The molecule has 3 fully saturated rings. The van der Waals surface area contributed by atoms with E-state index in [9.17, 15) is 14.7 Å². The van der Waals surface area contributed by atoms with Crippen LogP contribution in [0.15, 0.2) is 18.3 Å². The second kappa shape index (κ2) is 4.80. The number of aliphatic carboxylic acids is 1. The molecule has 6 heteroatoms. The SMILES string of the molecule is O=C(O)C1CSC(C2CC2)N1C(=O)c1cccn1C1CC1. The fraction of sp³-hybridized carbons (Fsp3) is 0.600. The number of hydrogen-bond donors (Lipinski definition) is 1. The van der Waals surface area contributed by atoms with Crippen LogP contribution < -0.4 is 0 Å². The summed E-state index contributed by atoms with van der Waals surface area (Å²) >= 11 is 1.63. The third-order valence-electron chi connectivity index (χ3n) is 4.52. The molecule has 2 atom stereocenters. The Morgan fingerprint density at radius 1 is 1.24 bits per heavy atom. The van der Waals surface area contributed by atoms with E-state index in [0.29, 0.717) is 23.4 Å². The molecule has 2 unspecified atom stereocenters. The van der Waals surface area contributed by atoms with Crippen molar-refractivity contribution < 1.29 is 14.7 Å². The van der Waals surface area contributed by atoms with E-state index in [-0.39, 0.29) is 11.3 Å². The largest absolute Gasteiger partial charge is 0.480 e. The van der Waals surface area contributed by atoms with Crippen LogP contribution in [0.1, 0.15) is 42.2 Å². The molecular weight excluding hydrogens is 288 g/mol. The molecule has 5 nitrogen and oxygen atoms in total. The molecule has 21 heavy (non-hydrogen) atoms. The zero-order chi connectivity index (χ0) is 14.6. The number of carbonyl (C=O) groups excluding carboxylic acids is 1. The second-order valence-corrected chi connectivity index (χ2v) is 7.31. The highest BCUT2D eigenvalue weighted by Crippen LogP contribution is 2.46. The minimum atomic E-state index is -0.886. The number of nitrogens with zero attached hydrogens (tertiary/aromatic N) is 2. The molecule has 3 aliphatic rings. The number of hydrogen-bond acceptors (Lipinski definition) is 3. The summed E-state index contributed by atoms with van der Waals surface area (Å²) in [6.45, 7) is 0. The Kier molecular flexibility index (Phi) is 3.03. The highest BCUT2D eigenvalue weighted by Gasteiger charge is 2.48. The third kappa shape index (κ3) is 2.25. The van der Waals surface area contributed by atoms with Crippen LogP contribution in [0.2, 0.25) is 0 Å². The summed E-state index contributed by atoms with van der Waals surface area (Å²) < 4.78 is 2.02. The van der Waals surface area contributed by atoms with Crippen LogP contribution >= 0.6 is 11.8 Å². The van der Waals surface area contributed by atoms with Gasteiger partial charge in [-0.25, -0.2) is 4.79 Å². The topological polar surface area (TPSA) is 62.5 Å². The molecule has 1 aliphatic heterocycles. The molecule has 1 aromatic rings. The van der Waals surface area contributed by atoms with E-state index in [1.807, 2.05) is 22.9 Å². The lowest BCUT2D eigenvalue weighted by Gasteiger charge is -2.27. The lowest BCUT2D eigenvalue weighted by atomic mass is 10.2. The Morgan fingerprint density at radius 3 is 2.62 bits per heavy atom. The Balaban J connectivity index is 1.65. The maximum atomic E-state index is 12.9. The number of carboxylic acid groups (broad SMARTS) is 1. The van der Waals surface area contributed by atoms with Crippen LogP contribution in [0.4, 0.5) is 0 Å². The zero-order valence-electron chi connectivity index (χ0n) is 11.6. The van der Waals surface area contributed by atoms with Gasteiger partial charge in [0.1, 0.15) is 11.7 Å². The summed E-state index contributed by atoms with van der Waals surface area (Å²) in [6, 6.07) is 3.45. The van der Waals surface area contributed by atoms with Crippen molar-refractivity contribution in [1.29, 1.82) is 0 Å². The molecule has 1 saturated heterocycles. The van der Waals surface area contributed by atoms with Crippen molar-refractivity contribution in [3.05, 3.63) is 24.0 Å². The standard InChI is InChI=1S/C15H18N2O3S/c18-13(11-2-1-7-16(11)10-5-6-10)17-12(15(19)20)8-21-14(17)9-3-4-9/h1-2,7,9-10,12,14H,3-6,8H2,(H,19,20). The summed E-state index contributed by atoms with van der Waals surface area (Å²) in [5.74, 6) is -0.0100. The summed E-state index contributed by atoms with van der Waals surface area (Å²) in [5, 5.41) is 9.47. The van der Waals surface area contributed by atoms with Gasteiger partial charge >= 0.3 is 5.97 Å². The van der Waals surface area contributed by atoms with Gasteiger partial charge in [0.25, 0.3) is 5.91 Å². The first-order valence-corrected chi connectivity index (χ1v) is 8.55. The molecule has 2 saturated carbocycles. The van der Waals surface area contributed by atoms with Crippen molar-refractivity contribution in [3.8, 4) is 0 Å². The molecule has 0 aromatic carbocycles. The van der Waals surface area contributed by atoms with E-state index in [1.54, 1.807) is 16.7 Å². The monoisotopic (exact) mass is 306 g/mol. The van der Waals surface area contributed by atoms with Gasteiger partial charge in [-0.2, -0.15) is 0 Å². The lowest BCUT2D eigenvalue weighted by Crippen LogP contribution is -2.46. The minimum Gasteiger partial charge on any atom is -0.480 e. The normalized spacial score (nSPS) is 28.9. The fourth-order valence-electron chi connectivity index (χ4n) is 3.10. The highest BCUT2D eigenvalue weighted by molar-refractivity contribution is 8.00. The van der Waals surface area contributed by atoms with Gasteiger partial charge in [0, 0.05) is 18.0 Å². The summed E-state index contributed by atoms with van der Waals surface area (Å²) in [4.78, 5) is 26.1. The van der Waals surface area contributed by atoms with Crippen LogP contribution in [0.25, 0.3) is 0 Å². The van der Waals surface area contributed by atoms with Gasteiger partial charge < -0.3 is 14.6 Å². The first-order chi connectivity index (χ1) is 10.2. The maximum Gasteiger partial charge on any atom is 0.327 e. The van der Waals surface area contributed by atoms with Crippen molar-refractivity contribution in [3.63, 3.8) is 0 Å². The number of thioether (sulfide) groups is 1. The molecule has 2 aliphatic carbocycles. The van der Waals surface area contributed by atoms with E-state index in [2.05, 4.69) is 0 Å².